The van der Waals surface area contributed by atoms with Gasteiger partial charge in [0.25, 0.3) is 17.3 Å². The molecule has 0 aliphatic rings. The molecular formula is C12H11N5O5. The smallest absolute Gasteiger partial charge is 0.277 e. The van der Waals surface area contributed by atoms with E-state index in [4.69, 9.17) is 0 Å². The topological polar surface area (TPSA) is 133 Å². The third kappa shape index (κ3) is 3.42. The summed E-state index contributed by atoms with van der Waals surface area (Å²) in [5, 5.41) is 28.1. The average Bonchev–Trinajstić information content (AvgIpc) is 2.89. The minimum atomic E-state index is -0.789. The lowest BCUT2D eigenvalue weighted by Gasteiger charge is -2.03. The Kier molecular flexibility index (Phi) is 4.11. The normalized spacial score (nSPS) is 10.2. The highest BCUT2D eigenvalue weighted by molar-refractivity contribution is 5.95. The first kappa shape index (κ1) is 15.1. The maximum absolute atomic E-state index is 12.0. The van der Waals surface area contributed by atoms with Gasteiger partial charge in [-0.2, -0.15) is 5.10 Å². The third-order valence-corrected chi connectivity index (χ3v) is 2.79. The van der Waals surface area contributed by atoms with E-state index in [-0.39, 0.29) is 12.1 Å². The Hall–Kier alpha value is -3.30. The molecule has 0 saturated carbocycles. The number of aryl methyl sites for hydroxylation is 1. The van der Waals surface area contributed by atoms with Crippen LogP contribution in [-0.4, -0.2) is 25.5 Å². The van der Waals surface area contributed by atoms with Gasteiger partial charge in [0.05, 0.1) is 33.7 Å². The van der Waals surface area contributed by atoms with E-state index >= 15 is 0 Å². The Morgan fingerprint density at radius 1 is 1.23 bits per heavy atom. The predicted octanol–water partition coefficient (Wildman–Crippen LogP) is 1.17. The van der Waals surface area contributed by atoms with Crippen molar-refractivity contribution < 1.29 is 14.6 Å². The van der Waals surface area contributed by atoms with Crippen LogP contribution in [0.25, 0.3) is 0 Å². The number of hydrogen-bond acceptors (Lipinski definition) is 6. The van der Waals surface area contributed by atoms with E-state index in [9.17, 15) is 25.0 Å². The zero-order valence-electron chi connectivity index (χ0n) is 11.4. The fourth-order valence-corrected chi connectivity index (χ4v) is 1.77. The van der Waals surface area contributed by atoms with Gasteiger partial charge in [-0.15, -0.1) is 0 Å². The van der Waals surface area contributed by atoms with Gasteiger partial charge in [0, 0.05) is 25.4 Å². The highest BCUT2D eigenvalue weighted by atomic mass is 16.6. The van der Waals surface area contributed by atoms with Crippen molar-refractivity contribution in [2.75, 3.05) is 0 Å². The van der Waals surface area contributed by atoms with Crippen molar-refractivity contribution >= 4 is 17.3 Å². The molecule has 0 radical (unpaired) electrons. The number of aromatic nitrogens is 2. The average molecular weight is 305 g/mol. The maximum atomic E-state index is 12.0. The standard InChI is InChI=1S/C12H11N5O5/c1-15-3-2-9(14-15)7-13-12(18)8-4-10(16(19)20)6-11(5-8)17(21)22/h2-6H,7H2,1H3,(H,13,18). The van der Waals surface area contributed by atoms with E-state index in [0.717, 1.165) is 18.2 Å². The molecule has 10 nitrogen and oxygen atoms in total. The minimum absolute atomic E-state index is 0.107. The number of carbonyl (C=O) groups is 1. The summed E-state index contributed by atoms with van der Waals surface area (Å²) >= 11 is 0. The largest absolute Gasteiger partial charge is 0.346 e. The van der Waals surface area contributed by atoms with Crippen LogP contribution < -0.4 is 5.32 Å². The van der Waals surface area contributed by atoms with Gasteiger partial charge in [0.2, 0.25) is 0 Å². The summed E-state index contributed by atoms with van der Waals surface area (Å²) in [7, 11) is 1.72. The monoisotopic (exact) mass is 305 g/mol. The molecule has 0 spiro atoms. The van der Waals surface area contributed by atoms with Crippen molar-refractivity contribution in [1.82, 2.24) is 15.1 Å². The number of nitrogens with zero attached hydrogens (tertiary/aromatic N) is 4. The third-order valence-electron chi connectivity index (χ3n) is 2.79. The Labute approximate surface area is 123 Å². The summed E-state index contributed by atoms with van der Waals surface area (Å²) in [5.74, 6) is -0.655. The second-order valence-electron chi connectivity index (χ2n) is 4.42. The molecule has 0 atom stereocenters. The second-order valence-corrected chi connectivity index (χ2v) is 4.42. The van der Waals surface area contributed by atoms with Crippen LogP contribution in [0.1, 0.15) is 16.1 Å². The quantitative estimate of drug-likeness (QED) is 0.651. The zero-order valence-corrected chi connectivity index (χ0v) is 11.4. The van der Waals surface area contributed by atoms with E-state index in [1.165, 1.54) is 0 Å². The first-order valence-corrected chi connectivity index (χ1v) is 6.07. The van der Waals surface area contributed by atoms with Gasteiger partial charge < -0.3 is 5.32 Å². The summed E-state index contributed by atoms with van der Waals surface area (Å²) in [6.07, 6.45) is 1.69. The zero-order chi connectivity index (χ0) is 16.3. The summed E-state index contributed by atoms with van der Waals surface area (Å²) in [4.78, 5) is 31.9. The molecule has 22 heavy (non-hydrogen) atoms. The number of rotatable bonds is 5. The van der Waals surface area contributed by atoms with Gasteiger partial charge in [-0.25, -0.2) is 0 Å². The molecule has 1 heterocycles. The van der Waals surface area contributed by atoms with Gasteiger partial charge in [-0.1, -0.05) is 0 Å². The van der Waals surface area contributed by atoms with Gasteiger partial charge in [0.15, 0.2) is 0 Å². The highest BCUT2D eigenvalue weighted by Crippen LogP contribution is 2.22. The van der Waals surface area contributed by atoms with Crippen molar-refractivity contribution in [3.05, 3.63) is 61.9 Å². The molecule has 1 aromatic heterocycles. The summed E-state index contributed by atoms with van der Waals surface area (Å²) in [6, 6.07) is 4.47. The van der Waals surface area contributed by atoms with E-state index in [1.54, 1.807) is 24.0 Å². The molecule has 0 fully saturated rings. The van der Waals surface area contributed by atoms with Crippen LogP contribution in [0.2, 0.25) is 0 Å². The summed E-state index contributed by atoms with van der Waals surface area (Å²) in [5.41, 5.74) is -0.595. The van der Waals surface area contributed by atoms with Gasteiger partial charge in [0.1, 0.15) is 0 Å². The molecule has 10 heteroatoms. The molecule has 1 N–H and O–H groups in total. The summed E-state index contributed by atoms with van der Waals surface area (Å²) in [6.45, 7) is 0.107. The van der Waals surface area contributed by atoms with Crippen LogP contribution in [0.4, 0.5) is 11.4 Å². The van der Waals surface area contributed by atoms with Crippen molar-refractivity contribution in [2.24, 2.45) is 7.05 Å². The van der Waals surface area contributed by atoms with Crippen molar-refractivity contribution in [1.29, 1.82) is 0 Å². The number of nitro benzene ring substituents is 2. The van der Waals surface area contributed by atoms with Crippen molar-refractivity contribution in [3.63, 3.8) is 0 Å². The Morgan fingerprint density at radius 2 is 1.82 bits per heavy atom. The van der Waals surface area contributed by atoms with E-state index in [0.29, 0.717) is 5.69 Å². The maximum Gasteiger partial charge on any atom is 0.277 e. The van der Waals surface area contributed by atoms with Crippen LogP contribution in [-0.2, 0) is 13.6 Å². The fourth-order valence-electron chi connectivity index (χ4n) is 1.77. The van der Waals surface area contributed by atoms with Crippen LogP contribution in [0.5, 0.6) is 0 Å². The molecule has 0 bridgehead atoms. The molecule has 0 saturated heterocycles. The number of amides is 1. The van der Waals surface area contributed by atoms with Gasteiger partial charge >= 0.3 is 0 Å². The lowest BCUT2D eigenvalue weighted by Crippen LogP contribution is -2.23. The van der Waals surface area contributed by atoms with E-state index < -0.39 is 27.1 Å². The molecule has 0 aliphatic carbocycles. The van der Waals surface area contributed by atoms with E-state index in [1.807, 2.05) is 0 Å². The van der Waals surface area contributed by atoms with Crippen LogP contribution in [0.3, 0.4) is 0 Å². The molecule has 2 rings (SSSR count). The van der Waals surface area contributed by atoms with Crippen LogP contribution in [0.15, 0.2) is 30.5 Å². The Balaban J connectivity index is 2.20. The number of nitrogens with one attached hydrogen (secondary N) is 1. The molecule has 0 aliphatic heterocycles. The Morgan fingerprint density at radius 3 is 2.27 bits per heavy atom. The molecule has 0 unspecified atom stereocenters. The van der Waals surface area contributed by atoms with Crippen molar-refractivity contribution in [2.45, 2.75) is 6.54 Å². The van der Waals surface area contributed by atoms with Crippen LogP contribution >= 0.6 is 0 Å². The van der Waals surface area contributed by atoms with Gasteiger partial charge in [-0.3, -0.25) is 29.7 Å². The van der Waals surface area contributed by atoms with Crippen LogP contribution in [0, 0.1) is 20.2 Å². The highest BCUT2D eigenvalue weighted by Gasteiger charge is 2.19. The lowest BCUT2D eigenvalue weighted by atomic mass is 10.1. The number of non-ortho nitro benzene ring substituents is 2. The Bertz CT molecular complexity index is 722. The molecule has 1 aromatic carbocycles. The van der Waals surface area contributed by atoms with Gasteiger partial charge in [-0.05, 0) is 6.07 Å². The molecule has 1 amide bonds. The fraction of sp³-hybridized carbons (Fsp3) is 0.167. The molecule has 114 valence electrons. The number of carbonyl (C=O) groups excluding carboxylic acids is 1. The first-order valence-electron chi connectivity index (χ1n) is 6.07. The molecular weight excluding hydrogens is 294 g/mol. The predicted molar refractivity (Wildman–Crippen MR) is 74.1 cm³/mol. The second kappa shape index (κ2) is 5.99. The van der Waals surface area contributed by atoms with E-state index in [2.05, 4.69) is 10.4 Å². The first-order chi connectivity index (χ1) is 10.4. The SMILES string of the molecule is Cn1ccc(CNC(=O)c2cc([N+](=O)[O-])cc([N+](=O)[O-])c2)n1. The lowest BCUT2D eigenvalue weighted by molar-refractivity contribution is -0.394. The number of benzene rings is 1. The minimum Gasteiger partial charge on any atom is -0.346 e. The van der Waals surface area contributed by atoms with Crippen molar-refractivity contribution in [3.8, 4) is 0 Å². The molecule has 2 aromatic rings. The number of nitro groups is 2. The summed E-state index contributed by atoms with van der Waals surface area (Å²) < 4.78 is 1.56. The number of hydrogen-bond donors (Lipinski definition) is 1.